The first-order valence-corrected chi connectivity index (χ1v) is 4.85. The summed E-state index contributed by atoms with van der Waals surface area (Å²) in [4.78, 5) is 0. The Balaban J connectivity index is 2.12. The zero-order valence-corrected chi connectivity index (χ0v) is 8.44. The predicted molar refractivity (Wildman–Crippen MR) is 52.4 cm³/mol. The van der Waals surface area contributed by atoms with Gasteiger partial charge in [-0.1, -0.05) is 6.07 Å². The van der Waals surface area contributed by atoms with Gasteiger partial charge in [-0.25, -0.2) is 4.39 Å². The Hall–Kier alpha value is -1.13. The first-order chi connectivity index (χ1) is 7.16. The number of benzene rings is 1. The van der Waals surface area contributed by atoms with E-state index in [1.54, 1.807) is 6.07 Å². The van der Waals surface area contributed by atoms with Crippen molar-refractivity contribution < 1.29 is 19.0 Å². The molecule has 1 aliphatic heterocycles. The smallest absolute Gasteiger partial charge is 0.150 e. The Labute approximate surface area is 87.4 Å². The van der Waals surface area contributed by atoms with Gasteiger partial charge in [0.05, 0.1) is 13.2 Å². The lowest BCUT2D eigenvalue weighted by Gasteiger charge is -2.16. The van der Waals surface area contributed by atoms with Crippen LogP contribution in [-0.4, -0.2) is 30.5 Å². The third-order valence-corrected chi connectivity index (χ3v) is 2.43. The highest BCUT2D eigenvalue weighted by molar-refractivity contribution is 5.33. The Morgan fingerprint density at radius 3 is 2.93 bits per heavy atom. The van der Waals surface area contributed by atoms with E-state index in [0.29, 0.717) is 12.4 Å². The van der Waals surface area contributed by atoms with Gasteiger partial charge in [-0.2, -0.15) is 0 Å². The molecule has 1 aliphatic rings. The van der Waals surface area contributed by atoms with E-state index < -0.39 is 12.2 Å². The van der Waals surface area contributed by atoms with Crippen LogP contribution < -0.4 is 4.74 Å². The van der Waals surface area contributed by atoms with Crippen molar-refractivity contribution in [3.05, 3.63) is 29.6 Å². The second-order valence-corrected chi connectivity index (χ2v) is 3.67. The van der Waals surface area contributed by atoms with Crippen LogP contribution in [0.25, 0.3) is 0 Å². The highest BCUT2D eigenvalue weighted by atomic mass is 19.1. The molecule has 1 fully saturated rings. The summed E-state index contributed by atoms with van der Waals surface area (Å²) in [6.45, 7) is 2.45. The fourth-order valence-corrected chi connectivity index (χ4v) is 1.50. The number of rotatable bonds is 2. The van der Waals surface area contributed by atoms with Crippen LogP contribution in [0.1, 0.15) is 5.56 Å². The van der Waals surface area contributed by atoms with Crippen molar-refractivity contribution in [2.45, 2.75) is 19.1 Å². The van der Waals surface area contributed by atoms with E-state index >= 15 is 0 Å². The van der Waals surface area contributed by atoms with E-state index in [4.69, 9.17) is 9.47 Å². The fraction of sp³-hybridized carbons (Fsp3) is 0.455. The van der Waals surface area contributed by atoms with Crippen molar-refractivity contribution in [1.29, 1.82) is 0 Å². The maximum absolute atomic E-state index is 12.9. The molecule has 82 valence electrons. The third kappa shape index (κ3) is 2.27. The van der Waals surface area contributed by atoms with Gasteiger partial charge in [0.2, 0.25) is 0 Å². The summed E-state index contributed by atoms with van der Waals surface area (Å²) in [6.07, 6.45) is -1.03. The van der Waals surface area contributed by atoms with E-state index in [9.17, 15) is 9.50 Å². The molecule has 0 saturated carbocycles. The van der Waals surface area contributed by atoms with Crippen molar-refractivity contribution in [2.75, 3.05) is 13.2 Å². The van der Waals surface area contributed by atoms with Gasteiger partial charge >= 0.3 is 0 Å². The molecule has 1 aromatic rings. The summed E-state index contributed by atoms with van der Waals surface area (Å²) < 4.78 is 23.5. The van der Waals surface area contributed by atoms with E-state index in [2.05, 4.69) is 0 Å². The lowest BCUT2D eigenvalue weighted by atomic mass is 10.2. The van der Waals surface area contributed by atoms with Gasteiger partial charge in [0.25, 0.3) is 0 Å². The number of hydrogen-bond acceptors (Lipinski definition) is 3. The molecule has 2 unspecified atom stereocenters. The van der Waals surface area contributed by atoms with E-state index in [0.717, 1.165) is 5.56 Å². The Bertz CT molecular complexity index is 354. The van der Waals surface area contributed by atoms with Gasteiger partial charge in [0, 0.05) is 6.07 Å². The first kappa shape index (κ1) is 10.4. The highest BCUT2D eigenvalue weighted by Crippen LogP contribution is 2.22. The van der Waals surface area contributed by atoms with Crippen molar-refractivity contribution in [2.24, 2.45) is 0 Å². The summed E-state index contributed by atoms with van der Waals surface area (Å²) in [5.74, 6) is 0.119. The zero-order chi connectivity index (χ0) is 10.8. The van der Waals surface area contributed by atoms with Crippen LogP contribution in [0, 0.1) is 12.7 Å². The molecule has 1 heterocycles. The van der Waals surface area contributed by atoms with Crippen molar-refractivity contribution in [3.63, 3.8) is 0 Å². The van der Waals surface area contributed by atoms with Gasteiger partial charge in [0.15, 0.2) is 0 Å². The first-order valence-electron chi connectivity index (χ1n) is 4.85. The highest BCUT2D eigenvalue weighted by Gasteiger charge is 2.28. The van der Waals surface area contributed by atoms with Crippen LogP contribution in [0.3, 0.4) is 0 Å². The molecular weight excluding hydrogens is 199 g/mol. The molecule has 15 heavy (non-hydrogen) atoms. The average Bonchev–Trinajstić information content (AvgIpc) is 2.58. The van der Waals surface area contributed by atoms with E-state index in [1.807, 2.05) is 6.92 Å². The van der Waals surface area contributed by atoms with Crippen molar-refractivity contribution in [1.82, 2.24) is 0 Å². The second kappa shape index (κ2) is 4.16. The standard InChI is InChI=1S/C11H13FO3/c1-7-2-3-8(12)4-10(7)15-11-6-14-5-9(11)13/h2-4,9,11,13H,5-6H2,1H3. The summed E-state index contributed by atoms with van der Waals surface area (Å²) in [6, 6.07) is 4.34. The summed E-state index contributed by atoms with van der Waals surface area (Å²) >= 11 is 0. The zero-order valence-electron chi connectivity index (χ0n) is 8.44. The molecule has 2 rings (SSSR count). The molecule has 4 heteroatoms. The molecule has 0 radical (unpaired) electrons. The van der Waals surface area contributed by atoms with Crippen LogP contribution in [0.5, 0.6) is 5.75 Å². The number of hydrogen-bond donors (Lipinski definition) is 1. The largest absolute Gasteiger partial charge is 0.485 e. The predicted octanol–water partition coefficient (Wildman–Crippen LogP) is 1.27. The van der Waals surface area contributed by atoms with Gasteiger partial charge in [0.1, 0.15) is 23.8 Å². The lowest BCUT2D eigenvalue weighted by Crippen LogP contribution is -2.30. The normalized spacial score (nSPS) is 25.5. The summed E-state index contributed by atoms with van der Waals surface area (Å²) in [5.41, 5.74) is 0.843. The van der Waals surface area contributed by atoms with Crippen LogP contribution in [0.4, 0.5) is 4.39 Å². The molecule has 0 spiro atoms. The Kier molecular flexibility index (Phi) is 2.88. The Morgan fingerprint density at radius 1 is 1.47 bits per heavy atom. The molecule has 0 aliphatic carbocycles. The molecule has 1 saturated heterocycles. The molecule has 0 bridgehead atoms. The lowest BCUT2D eigenvalue weighted by molar-refractivity contribution is 0.0727. The SMILES string of the molecule is Cc1ccc(F)cc1OC1COCC1O. The number of aliphatic hydroxyl groups is 1. The van der Waals surface area contributed by atoms with Crippen LogP contribution >= 0.6 is 0 Å². The minimum absolute atomic E-state index is 0.277. The van der Waals surface area contributed by atoms with Crippen molar-refractivity contribution in [3.8, 4) is 5.75 Å². The molecule has 2 atom stereocenters. The molecule has 0 amide bonds. The van der Waals surface area contributed by atoms with Gasteiger partial charge in [-0.3, -0.25) is 0 Å². The van der Waals surface area contributed by atoms with Crippen molar-refractivity contribution >= 4 is 0 Å². The Morgan fingerprint density at radius 2 is 2.27 bits per heavy atom. The summed E-state index contributed by atoms with van der Waals surface area (Å²) in [7, 11) is 0. The van der Waals surface area contributed by atoms with Gasteiger partial charge in [-0.15, -0.1) is 0 Å². The van der Waals surface area contributed by atoms with Gasteiger partial charge in [-0.05, 0) is 18.6 Å². The minimum Gasteiger partial charge on any atom is -0.485 e. The second-order valence-electron chi connectivity index (χ2n) is 3.67. The van der Waals surface area contributed by atoms with Gasteiger partial charge < -0.3 is 14.6 Å². The molecule has 0 aromatic heterocycles. The minimum atomic E-state index is -0.632. The monoisotopic (exact) mass is 212 g/mol. The maximum atomic E-state index is 12.9. The van der Waals surface area contributed by atoms with Crippen LogP contribution in [-0.2, 0) is 4.74 Å². The maximum Gasteiger partial charge on any atom is 0.150 e. The topological polar surface area (TPSA) is 38.7 Å². The van der Waals surface area contributed by atoms with E-state index in [-0.39, 0.29) is 12.4 Å². The molecule has 1 aromatic carbocycles. The van der Waals surface area contributed by atoms with Crippen LogP contribution in [0.2, 0.25) is 0 Å². The third-order valence-electron chi connectivity index (χ3n) is 2.43. The summed E-state index contributed by atoms with van der Waals surface area (Å²) in [5, 5.41) is 9.47. The molecular formula is C11H13FO3. The fourth-order valence-electron chi connectivity index (χ4n) is 1.50. The quantitative estimate of drug-likeness (QED) is 0.802. The molecule has 3 nitrogen and oxygen atoms in total. The average molecular weight is 212 g/mol. The number of aliphatic hydroxyl groups excluding tert-OH is 1. The number of ether oxygens (including phenoxy) is 2. The number of aryl methyl sites for hydroxylation is 1. The number of halogens is 1. The molecule has 1 N–H and O–H groups in total. The van der Waals surface area contributed by atoms with E-state index in [1.165, 1.54) is 12.1 Å². The van der Waals surface area contributed by atoms with Crippen LogP contribution in [0.15, 0.2) is 18.2 Å².